The largest absolute Gasteiger partial charge is 0.435 e. The number of hydrogen-bond donors (Lipinski definition) is 1. The smallest absolute Gasteiger partial charge is 0.387 e. The topological polar surface area (TPSA) is 39.1 Å². The Morgan fingerprint density at radius 1 is 1.28 bits per heavy atom. The standard InChI is InChI=1S/C12H13F2N3O/c1-17-7-6-11(16-17)15-8-9-2-4-10(5-3-9)18-12(13)14/h2-7,12H,8H2,1H3,(H,15,16). The summed E-state index contributed by atoms with van der Waals surface area (Å²) < 4.78 is 29.9. The second-order valence-electron chi connectivity index (χ2n) is 3.75. The van der Waals surface area contributed by atoms with Gasteiger partial charge in [0.2, 0.25) is 0 Å². The number of alkyl halides is 2. The first-order valence-corrected chi connectivity index (χ1v) is 5.41. The van der Waals surface area contributed by atoms with E-state index in [9.17, 15) is 8.78 Å². The first kappa shape index (κ1) is 12.3. The average molecular weight is 253 g/mol. The van der Waals surface area contributed by atoms with Crippen LogP contribution in [0.3, 0.4) is 0 Å². The number of aromatic nitrogens is 2. The van der Waals surface area contributed by atoms with Gasteiger partial charge in [-0.2, -0.15) is 13.9 Å². The fourth-order valence-corrected chi connectivity index (χ4v) is 1.49. The molecule has 0 saturated carbocycles. The van der Waals surface area contributed by atoms with Crippen LogP contribution < -0.4 is 10.1 Å². The molecular formula is C12H13F2N3O. The van der Waals surface area contributed by atoms with E-state index in [4.69, 9.17) is 0 Å². The maximum atomic E-state index is 11.9. The number of nitrogens with one attached hydrogen (secondary N) is 1. The van der Waals surface area contributed by atoms with Crippen molar-refractivity contribution in [2.24, 2.45) is 7.05 Å². The second kappa shape index (κ2) is 5.48. The Hall–Kier alpha value is -2.11. The summed E-state index contributed by atoms with van der Waals surface area (Å²) in [6.45, 7) is -2.21. The number of ether oxygens (including phenoxy) is 1. The zero-order valence-corrected chi connectivity index (χ0v) is 9.81. The molecule has 2 rings (SSSR count). The molecule has 0 unspecified atom stereocenters. The van der Waals surface area contributed by atoms with Crippen LogP contribution in [0.15, 0.2) is 36.5 Å². The Morgan fingerprint density at radius 2 is 2.00 bits per heavy atom. The zero-order chi connectivity index (χ0) is 13.0. The van der Waals surface area contributed by atoms with Crippen LogP contribution in [-0.2, 0) is 13.6 Å². The van der Waals surface area contributed by atoms with Crippen molar-refractivity contribution in [3.05, 3.63) is 42.1 Å². The summed E-state index contributed by atoms with van der Waals surface area (Å²) in [5.41, 5.74) is 0.960. The lowest BCUT2D eigenvalue weighted by molar-refractivity contribution is -0.0498. The highest BCUT2D eigenvalue weighted by Gasteiger charge is 2.03. The van der Waals surface area contributed by atoms with E-state index in [1.807, 2.05) is 19.3 Å². The summed E-state index contributed by atoms with van der Waals surface area (Å²) in [6.07, 6.45) is 1.84. The van der Waals surface area contributed by atoms with Crippen molar-refractivity contribution in [1.29, 1.82) is 0 Å². The van der Waals surface area contributed by atoms with E-state index < -0.39 is 6.61 Å². The first-order valence-electron chi connectivity index (χ1n) is 5.41. The van der Waals surface area contributed by atoms with Gasteiger partial charge in [-0.25, -0.2) is 0 Å². The van der Waals surface area contributed by atoms with Crippen molar-refractivity contribution >= 4 is 5.82 Å². The molecular weight excluding hydrogens is 240 g/mol. The molecule has 1 N–H and O–H groups in total. The molecule has 6 heteroatoms. The van der Waals surface area contributed by atoms with Crippen LogP contribution in [0, 0.1) is 0 Å². The third-order valence-corrected chi connectivity index (χ3v) is 2.34. The predicted octanol–water partition coefficient (Wildman–Crippen LogP) is 2.63. The Bertz CT molecular complexity index is 496. The highest BCUT2D eigenvalue weighted by Crippen LogP contribution is 2.15. The number of halogens is 2. The van der Waals surface area contributed by atoms with Crippen LogP contribution in [0.25, 0.3) is 0 Å². The molecule has 18 heavy (non-hydrogen) atoms. The minimum absolute atomic E-state index is 0.159. The maximum absolute atomic E-state index is 11.9. The van der Waals surface area contributed by atoms with Crippen molar-refractivity contribution in [2.75, 3.05) is 5.32 Å². The third-order valence-electron chi connectivity index (χ3n) is 2.34. The minimum atomic E-state index is -2.79. The Morgan fingerprint density at radius 3 is 2.56 bits per heavy atom. The van der Waals surface area contributed by atoms with Gasteiger partial charge in [0.1, 0.15) is 11.6 Å². The molecule has 96 valence electrons. The second-order valence-corrected chi connectivity index (χ2v) is 3.75. The van der Waals surface area contributed by atoms with Gasteiger partial charge in [0, 0.05) is 25.9 Å². The van der Waals surface area contributed by atoms with Crippen molar-refractivity contribution in [2.45, 2.75) is 13.2 Å². The summed E-state index contributed by atoms with van der Waals surface area (Å²) in [5, 5.41) is 7.29. The van der Waals surface area contributed by atoms with Crippen LogP contribution in [0.1, 0.15) is 5.56 Å². The Kier molecular flexibility index (Phi) is 3.76. The number of aryl methyl sites for hydroxylation is 1. The van der Waals surface area contributed by atoms with E-state index in [1.54, 1.807) is 16.8 Å². The lowest BCUT2D eigenvalue weighted by atomic mass is 10.2. The summed E-state index contributed by atoms with van der Waals surface area (Å²) in [5.74, 6) is 0.928. The number of hydrogen-bond acceptors (Lipinski definition) is 3. The summed E-state index contributed by atoms with van der Waals surface area (Å²) in [4.78, 5) is 0. The molecule has 0 saturated heterocycles. The number of rotatable bonds is 5. The average Bonchev–Trinajstić information content (AvgIpc) is 2.74. The normalized spacial score (nSPS) is 10.7. The molecule has 1 aromatic heterocycles. The van der Waals surface area contributed by atoms with Crippen molar-refractivity contribution < 1.29 is 13.5 Å². The zero-order valence-electron chi connectivity index (χ0n) is 9.81. The van der Waals surface area contributed by atoms with Gasteiger partial charge in [-0.3, -0.25) is 4.68 Å². The maximum Gasteiger partial charge on any atom is 0.387 e. The molecule has 0 aliphatic rings. The van der Waals surface area contributed by atoms with E-state index in [1.165, 1.54) is 12.1 Å². The molecule has 0 spiro atoms. The molecule has 0 amide bonds. The van der Waals surface area contributed by atoms with Crippen LogP contribution in [0.5, 0.6) is 5.75 Å². The first-order chi connectivity index (χ1) is 8.63. The Balaban J connectivity index is 1.90. The summed E-state index contributed by atoms with van der Waals surface area (Å²) >= 11 is 0. The molecule has 0 aliphatic carbocycles. The lowest BCUT2D eigenvalue weighted by Crippen LogP contribution is -2.03. The van der Waals surface area contributed by atoms with E-state index >= 15 is 0 Å². The van der Waals surface area contributed by atoms with Crippen molar-refractivity contribution in [3.63, 3.8) is 0 Å². The van der Waals surface area contributed by atoms with Gasteiger partial charge in [0.05, 0.1) is 0 Å². The van der Waals surface area contributed by atoms with Gasteiger partial charge in [0.25, 0.3) is 0 Å². The SMILES string of the molecule is Cn1ccc(NCc2ccc(OC(F)F)cc2)n1. The lowest BCUT2D eigenvalue weighted by Gasteiger charge is -2.06. The quantitative estimate of drug-likeness (QED) is 0.890. The molecule has 1 aromatic carbocycles. The van der Waals surface area contributed by atoms with E-state index in [2.05, 4.69) is 15.2 Å². The molecule has 0 aliphatic heterocycles. The van der Waals surface area contributed by atoms with Crippen LogP contribution in [0.2, 0.25) is 0 Å². The van der Waals surface area contributed by atoms with Crippen LogP contribution in [0.4, 0.5) is 14.6 Å². The highest BCUT2D eigenvalue weighted by molar-refractivity contribution is 5.35. The summed E-state index contributed by atoms with van der Waals surface area (Å²) in [7, 11) is 1.83. The van der Waals surface area contributed by atoms with E-state index in [0.717, 1.165) is 11.4 Å². The molecule has 4 nitrogen and oxygen atoms in total. The predicted molar refractivity (Wildman–Crippen MR) is 63.6 cm³/mol. The van der Waals surface area contributed by atoms with Crippen molar-refractivity contribution in [3.8, 4) is 5.75 Å². The van der Waals surface area contributed by atoms with E-state index in [-0.39, 0.29) is 5.75 Å². The highest BCUT2D eigenvalue weighted by atomic mass is 19.3. The molecule has 1 heterocycles. The van der Waals surface area contributed by atoms with Crippen LogP contribution >= 0.6 is 0 Å². The van der Waals surface area contributed by atoms with Gasteiger partial charge in [0.15, 0.2) is 0 Å². The molecule has 0 fully saturated rings. The van der Waals surface area contributed by atoms with Gasteiger partial charge in [-0.05, 0) is 17.7 Å². The van der Waals surface area contributed by atoms with Crippen LogP contribution in [-0.4, -0.2) is 16.4 Å². The Labute approximate surface area is 103 Å². The fourth-order valence-electron chi connectivity index (χ4n) is 1.49. The van der Waals surface area contributed by atoms with Crippen molar-refractivity contribution in [1.82, 2.24) is 9.78 Å². The third kappa shape index (κ3) is 3.44. The van der Waals surface area contributed by atoms with Gasteiger partial charge in [-0.15, -0.1) is 0 Å². The molecule has 0 radical (unpaired) electrons. The van der Waals surface area contributed by atoms with Gasteiger partial charge in [-0.1, -0.05) is 12.1 Å². The molecule has 2 aromatic rings. The van der Waals surface area contributed by atoms with Gasteiger partial charge >= 0.3 is 6.61 Å². The van der Waals surface area contributed by atoms with E-state index in [0.29, 0.717) is 6.54 Å². The monoisotopic (exact) mass is 253 g/mol. The fraction of sp³-hybridized carbons (Fsp3) is 0.250. The summed E-state index contributed by atoms with van der Waals surface area (Å²) in [6, 6.07) is 8.35. The molecule has 0 atom stereocenters. The molecule has 0 bridgehead atoms. The number of nitrogens with zero attached hydrogens (tertiary/aromatic N) is 2. The number of anilines is 1. The number of benzene rings is 1. The van der Waals surface area contributed by atoms with Gasteiger partial charge < -0.3 is 10.1 Å². The minimum Gasteiger partial charge on any atom is -0.435 e.